The van der Waals surface area contributed by atoms with Crippen molar-refractivity contribution in [3.8, 4) is 0 Å². The van der Waals surface area contributed by atoms with Gasteiger partial charge in [-0.25, -0.2) is 4.39 Å². The molecular weight excluding hydrogens is 263 g/mol. The molecule has 1 aliphatic rings. The number of nitrogens with two attached hydrogens (primary N) is 1. The topological polar surface area (TPSA) is 38.0 Å². The van der Waals surface area contributed by atoms with E-state index >= 15 is 0 Å². The Morgan fingerprint density at radius 1 is 1.26 bits per heavy atom. The van der Waals surface area contributed by atoms with E-state index in [9.17, 15) is 4.39 Å². The van der Waals surface area contributed by atoms with E-state index in [-0.39, 0.29) is 17.8 Å². The van der Waals surface area contributed by atoms with Gasteiger partial charge in [0.2, 0.25) is 0 Å². The lowest BCUT2D eigenvalue weighted by molar-refractivity contribution is 0.417. The van der Waals surface area contributed by atoms with Gasteiger partial charge in [0.1, 0.15) is 5.82 Å². The number of benzene rings is 2. The summed E-state index contributed by atoms with van der Waals surface area (Å²) in [6.45, 7) is 0. The zero-order chi connectivity index (χ0) is 13.4. The molecule has 98 valence electrons. The van der Waals surface area contributed by atoms with Gasteiger partial charge >= 0.3 is 0 Å². The van der Waals surface area contributed by atoms with Gasteiger partial charge in [0, 0.05) is 10.9 Å². The predicted molar refractivity (Wildman–Crippen MR) is 74.4 cm³/mol. The highest BCUT2D eigenvalue weighted by molar-refractivity contribution is 6.31. The van der Waals surface area contributed by atoms with Crippen LogP contribution in [0, 0.1) is 5.82 Å². The molecule has 2 unspecified atom stereocenters. The standard InChI is InChI=1S/C15H14ClFN2/c16-14-6-5-10(17)8-13(14)15(19-18)12-7-9-3-1-2-4-11(9)12/h1-6,8,12,15,19H,7,18H2. The summed E-state index contributed by atoms with van der Waals surface area (Å²) in [7, 11) is 0. The summed E-state index contributed by atoms with van der Waals surface area (Å²) in [6.07, 6.45) is 0.928. The lowest BCUT2D eigenvalue weighted by Gasteiger charge is -2.36. The maximum atomic E-state index is 13.4. The Morgan fingerprint density at radius 2 is 2.05 bits per heavy atom. The third-order valence-electron chi connectivity index (χ3n) is 3.77. The average molecular weight is 277 g/mol. The van der Waals surface area contributed by atoms with Crippen molar-refractivity contribution in [3.63, 3.8) is 0 Å². The van der Waals surface area contributed by atoms with Gasteiger partial charge < -0.3 is 0 Å². The summed E-state index contributed by atoms with van der Waals surface area (Å²) in [5, 5.41) is 0.536. The molecule has 0 bridgehead atoms. The van der Waals surface area contributed by atoms with Gasteiger partial charge in [0.05, 0.1) is 6.04 Å². The normalized spacial score (nSPS) is 18.6. The van der Waals surface area contributed by atoms with Crippen LogP contribution in [0.1, 0.15) is 28.7 Å². The summed E-state index contributed by atoms with van der Waals surface area (Å²) in [5.74, 6) is 5.60. The van der Waals surface area contributed by atoms with Crippen LogP contribution in [-0.4, -0.2) is 0 Å². The molecule has 0 saturated carbocycles. The highest BCUT2D eigenvalue weighted by Gasteiger charge is 2.34. The van der Waals surface area contributed by atoms with Crippen molar-refractivity contribution in [1.29, 1.82) is 0 Å². The third-order valence-corrected chi connectivity index (χ3v) is 4.11. The van der Waals surface area contributed by atoms with Gasteiger partial charge in [-0.1, -0.05) is 35.9 Å². The average Bonchev–Trinajstić information content (AvgIpc) is 2.39. The van der Waals surface area contributed by atoms with Crippen molar-refractivity contribution in [3.05, 3.63) is 70.0 Å². The van der Waals surface area contributed by atoms with Crippen LogP contribution < -0.4 is 11.3 Å². The van der Waals surface area contributed by atoms with Crippen molar-refractivity contribution >= 4 is 11.6 Å². The first kappa shape index (κ1) is 12.6. The Morgan fingerprint density at radius 3 is 2.79 bits per heavy atom. The van der Waals surface area contributed by atoms with E-state index in [4.69, 9.17) is 17.4 Å². The highest BCUT2D eigenvalue weighted by atomic mass is 35.5. The second-order valence-electron chi connectivity index (χ2n) is 4.82. The molecule has 0 fully saturated rings. The third kappa shape index (κ3) is 2.14. The first-order valence-corrected chi connectivity index (χ1v) is 6.57. The molecule has 0 heterocycles. The molecule has 2 aromatic carbocycles. The van der Waals surface area contributed by atoms with Gasteiger partial charge in [-0.15, -0.1) is 0 Å². The van der Waals surface area contributed by atoms with Crippen molar-refractivity contribution in [2.45, 2.75) is 18.4 Å². The number of rotatable bonds is 3. The number of fused-ring (bicyclic) bond motifs is 1. The summed E-state index contributed by atoms with van der Waals surface area (Å²) >= 11 is 6.16. The maximum Gasteiger partial charge on any atom is 0.123 e. The van der Waals surface area contributed by atoms with E-state index in [0.29, 0.717) is 10.6 Å². The quantitative estimate of drug-likeness (QED) is 0.667. The molecule has 0 amide bonds. The van der Waals surface area contributed by atoms with Crippen LogP contribution in [0.15, 0.2) is 42.5 Å². The largest absolute Gasteiger partial charge is 0.271 e. The Kier molecular flexibility index (Phi) is 3.27. The van der Waals surface area contributed by atoms with Crippen LogP contribution in [-0.2, 0) is 6.42 Å². The van der Waals surface area contributed by atoms with Crippen LogP contribution in [0.5, 0.6) is 0 Å². The minimum atomic E-state index is -0.299. The number of halogens is 2. The van der Waals surface area contributed by atoms with Crippen molar-refractivity contribution in [1.82, 2.24) is 5.43 Å². The molecule has 1 aliphatic carbocycles. The molecule has 3 N–H and O–H groups in total. The smallest absolute Gasteiger partial charge is 0.123 e. The van der Waals surface area contributed by atoms with Gasteiger partial charge in [-0.3, -0.25) is 11.3 Å². The number of hydrogen-bond acceptors (Lipinski definition) is 2. The summed E-state index contributed by atoms with van der Waals surface area (Å²) < 4.78 is 13.4. The van der Waals surface area contributed by atoms with Crippen LogP contribution in [0.2, 0.25) is 5.02 Å². The Hall–Kier alpha value is -1.42. The van der Waals surface area contributed by atoms with Crippen molar-refractivity contribution in [2.24, 2.45) is 5.84 Å². The Labute approximate surface area is 116 Å². The Bertz CT molecular complexity index is 615. The van der Waals surface area contributed by atoms with E-state index < -0.39 is 0 Å². The number of nitrogens with one attached hydrogen (secondary N) is 1. The molecule has 3 rings (SSSR count). The van der Waals surface area contributed by atoms with Gasteiger partial charge in [0.25, 0.3) is 0 Å². The highest BCUT2D eigenvalue weighted by Crippen LogP contribution is 2.44. The minimum absolute atomic E-state index is 0.168. The van der Waals surface area contributed by atoms with E-state index in [1.54, 1.807) is 6.07 Å². The second-order valence-corrected chi connectivity index (χ2v) is 5.23. The van der Waals surface area contributed by atoms with Crippen LogP contribution in [0.25, 0.3) is 0 Å². The molecule has 2 nitrogen and oxygen atoms in total. The van der Waals surface area contributed by atoms with Crippen LogP contribution in [0.4, 0.5) is 4.39 Å². The van der Waals surface area contributed by atoms with Crippen LogP contribution in [0.3, 0.4) is 0 Å². The fraction of sp³-hybridized carbons (Fsp3) is 0.200. The van der Waals surface area contributed by atoms with Crippen LogP contribution >= 0.6 is 11.6 Å². The number of hydrogen-bond donors (Lipinski definition) is 2. The van der Waals surface area contributed by atoms with Crippen molar-refractivity contribution in [2.75, 3.05) is 0 Å². The van der Waals surface area contributed by atoms with E-state index in [0.717, 1.165) is 6.42 Å². The summed E-state index contributed by atoms with van der Waals surface area (Å²) in [6, 6.07) is 12.4. The first-order valence-electron chi connectivity index (χ1n) is 6.19. The monoisotopic (exact) mass is 276 g/mol. The number of hydrazine groups is 1. The predicted octanol–water partition coefficient (Wildman–Crippen LogP) is 3.32. The van der Waals surface area contributed by atoms with E-state index in [1.807, 2.05) is 12.1 Å². The first-order chi connectivity index (χ1) is 9.20. The van der Waals surface area contributed by atoms with E-state index in [2.05, 4.69) is 17.6 Å². The molecule has 0 aliphatic heterocycles. The molecule has 4 heteroatoms. The fourth-order valence-corrected chi connectivity index (χ4v) is 3.01. The molecule has 2 aromatic rings. The molecule has 2 atom stereocenters. The molecule has 0 aromatic heterocycles. The van der Waals surface area contributed by atoms with E-state index in [1.165, 1.54) is 23.3 Å². The summed E-state index contributed by atoms with van der Waals surface area (Å²) in [5.41, 5.74) is 6.06. The molecule has 0 saturated heterocycles. The molecule has 19 heavy (non-hydrogen) atoms. The van der Waals surface area contributed by atoms with Gasteiger partial charge in [-0.2, -0.15) is 0 Å². The minimum Gasteiger partial charge on any atom is -0.271 e. The molecule has 0 radical (unpaired) electrons. The lowest BCUT2D eigenvalue weighted by atomic mass is 9.72. The lowest BCUT2D eigenvalue weighted by Crippen LogP contribution is -2.37. The van der Waals surface area contributed by atoms with Crippen molar-refractivity contribution < 1.29 is 4.39 Å². The zero-order valence-corrected chi connectivity index (χ0v) is 11.0. The molecular formula is C15H14ClFN2. The second kappa shape index (κ2) is 4.93. The summed E-state index contributed by atoms with van der Waals surface area (Å²) in [4.78, 5) is 0. The SMILES string of the molecule is NNC(c1cc(F)ccc1Cl)C1Cc2ccccc21. The van der Waals surface area contributed by atoms with Gasteiger partial charge in [-0.05, 0) is 41.3 Å². The fourth-order valence-electron chi connectivity index (χ4n) is 2.77. The molecule has 0 spiro atoms. The van der Waals surface area contributed by atoms with Gasteiger partial charge in [0.15, 0.2) is 0 Å². The zero-order valence-electron chi connectivity index (χ0n) is 10.2. The Balaban J connectivity index is 1.97. The maximum absolute atomic E-state index is 13.4.